The van der Waals surface area contributed by atoms with Gasteiger partial charge in [-0.15, -0.1) is 24.0 Å². The Morgan fingerprint density at radius 3 is 2.52 bits per heavy atom. The normalized spacial score (nSPS) is 12.8. The van der Waals surface area contributed by atoms with Crippen LogP contribution < -0.4 is 15.4 Å². The van der Waals surface area contributed by atoms with Crippen molar-refractivity contribution < 1.29 is 13.2 Å². The van der Waals surface area contributed by atoms with Crippen molar-refractivity contribution in [1.82, 2.24) is 10.6 Å². The van der Waals surface area contributed by atoms with Crippen molar-refractivity contribution >= 4 is 39.8 Å². The molecule has 0 saturated heterocycles. The molecule has 0 amide bonds. The number of guanidine groups is 1. The van der Waals surface area contributed by atoms with Crippen molar-refractivity contribution in [3.8, 4) is 5.75 Å². The summed E-state index contributed by atoms with van der Waals surface area (Å²) in [6.07, 6.45) is 3.72. The number of ether oxygens (including phenoxy) is 1. The van der Waals surface area contributed by atoms with E-state index in [9.17, 15) is 8.42 Å². The van der Waals surface area contributed by atoms with Crippen LogP contribution in [0.25, 0.3) is 0 Å². The molecule has 0 heterocycles. The van der Waals surface area contributed by atoms with Gasteiger partial charge < -0.3 is 15.4 Å². The first kappa shape index (κ1) is 24.0. The molecule has 0 aliphatic heterocycles. The second-order valence-electron chi connectivity index (χ2n) is 5.83. The van der Waals surface area contributed by atoms with E-state index in [1.54, 1.807) is 7.05 Å². The van der Waals surface area contributed by atoms with Crippen molar-refractivity contribution in [1.29, 1.82) is 0 Å². The molecule has 1 aromatic rings. The minimum absolute atomic E-state index is 0. The van der Waals surface area contributed by atoms with Gasteiger partial charge in [-0.25, -0.2) is 8.42 Å². The fourth-order valence-electron chi connectivity index (χ4n) is 2.03. The number of rotatable bonds is 10. The standard InChI is InChI=1S/C17H29N3O3S.HI/c1-15(11-14-24(3,21)22)20-17(18-2)19-12-7-8-13-23-16-9-5-4-6-10-16;/h4-6,9-10,15H,7-8,11-14H2,1-3H3,(H2,18,19,20);1H. The van der Waals surface area contributed by atoms with E-state index in [4.69, 9.17) is 4.74 Å². The van der Waals surface area contributed by atoms with E-state index >= 15 is 0 Å². The van der Waals surface area contributed by atoms with Crippen LogP contribution in [-0.2, 0) is 9.84 Å². The monoisotopic (exact) mass is 483 g/mol. The summed E-state index contributed by atoms with van der Waals surface area (Å²) in [5, 5.41) is 6.43. The summed E-state index contributed by atoms with van der Waals surface area (Å²) in [5.74, 6) is 1.76. The molecule has 0 radical (unpaired) electrons. The number of para-hydroxylation sites is 1. The Bertz CT molecular complexity index is 594. The second kappa shape index (κ2) is 13.2. The van der Waals surface area contributed by atoms with E-state index in [2.05, 4.69) is 15.6 Å². The molecule has 2 N–H and O–H groups in total. The van der Waals surface area contributed by atoms with Crippen molar-refractivity contribution in [3.63, 3.8) is 0 Å². The van der Waals surface area contributed by atoms with E-state index in [0.29, 0.717) is 19.0 Å². The highest BCUT2D eigenvalue weighted by molar-refractivity contribution is 14.0. The van der Waals surface area contributed by atoms with E-state index in [-0.39, 0.29) is 35.8 Å². The molecular weight excluding hydrogens is 453 g/mol. The van der Waals surface area contributed by atoms with Crippen molar-refractivity contribution in [2.24, 2.45) is 4.99 Å². The molecule has 144 valence electrons. The molecule has 1 atom stereocenters. The third-order valence-electron chi connectivity index (χ3n) is 3.40. The van der Waals surface area contributed by atoms with Crippen LogP contribution in [0.2, 0.25) is 0 Å². The molecule has 8 heteroatoms. The number of benzene rings is 1. The molecule has 25 heavy (non-hydrogen) atoms. The summed E-state index contributed by atoms with van der Waals surface area (Å²) >= 11 is 0. The minimum atomic E-state index is -2.93. The van der Waals surface area contributed by atoms with Crippen LogP contribution in [0.4, 0.5) is 0 Å². The highest BCUT2D eigenvalue weighted by Gasteiger charge is 2.09. The predicted molar refractivity (Wildman–Crippen MR) is 115 cm³/mol. The lowest BCUT2D eigenvalue weighted by molar-refractivity contribution is 0.307. The predicted octanol–water partition coefficient (Wildman–Crippen LogP) is 2.45. The van der Waals surface area contributed by atoms with Crippen LogP contribution >= 0.6 is 24.0 Å². The molecule has 6 nitrogen and oxygen atoms in total. The van der Waals surface area contributed by atoms with Gasteiger partial charge in [0.2, 0.25) is 0 Å². The Labute approximate surface area is 168 Å². The van der Waals surface area contributed by atoms with Crippen molar-refractivity contribution in [2.75, 3.05) is 32.2 Å². The molecular formula is C17H30IN3O3S. The van der Waals surface area contributed by atoms with Gasteiger partial charge in [-0.05, 0) is 38.3 Å². The maximum Gasteiger partial charge on any atom is 0.191 e. The largest absolute Gasteiger partial charge is 0.494 e. The van der Waals surface area contributed by atoms with Gasteiger partial charge in [0.05, 0.1) is 12.4 Å². The summed E-state index contributed by atoms with van der Waals surface area (Å²) in [7, 11) is -1.22. The molecule has 0 aliphatic carbocycles. The van der Waals surface area contributed by atoms with E-state index in [1.165, 1.54) is 6.26 Å². The van der Waals surface area contributed by atoms with Crippen LogP contribution in [0.5, 0.6) is 5.75 Å². The van der Waals surface area contributed by atoms with E-state index in [1.807, 2.05) is 37.3 Å². The number of sulfone groups is 1. The first-order chi connectivity index (χ1) is 11.4. The fraction of sp³-hybridized carbons (Fsp3) is 0.588. The number of hydrogen-bond donors (Lipinski definition) is 2. The van der Waals surface area contributed by atoms with Crippen LogP contribution in [0.1, 0.15) is 26.2 Å². The van der Waals surface area contributed by atoms with E-state index < -0.39 is 9.84 Å². The quantitative estimate of drug-likeness (QED) is 0.231. The van der Waals surface area contributed by atoms with Gasteiger partial charge in [0.15, 0.2) is 5.96 Å². The number of hydrogen-bond acceptors (Lipinski definition) is 4. The average Bonchev–Trinajstić information content (AvgIpc) is 2.55. The number of aliphatic imine (C=N–C) groups is 1. The summed E-state index contributed by atoms with van der Waals surface area (Å²) in [5.41, 5.74) is 0. The Balaban J connectivity index is 0.00000576. The van der Waals surface area contributed by atoms with Gasteiger partial charge in [0.1, 0.15) is 15.6 Å². The zero-order chi connectivity index (χ0) is 17.8. The summed E-state index contributed by atoms with van der Waals surface area (Å²) in [4.78, 5) is 4.15. The molecule has 0 saturated carbocycles. The Morgan fingerprint density at radius 1 is 1.24 bits per heavy atom. The molecule has 0 aromatic heterocycles. The van der Waals surface area contributed by atoms with Crippen molar-refractivity contribution in [3.05, 3.63) is 30.3 Å². The van der Waals surface area contributed by atoms with Gasteiger partial charge in [0, 0.05) is 25.9 Å². The van der Waals surface area contributed by atoms with E-state index in [0.717, 1.165) is 25.1 Å². The topological polar surface area (TPSA) is 79.8 Å². The molecule has 0 aliphatic rings. The molecule has 0 fully saturated rings. The maximum absolute atomic E-state index is 11.2. The minimum Gasteiger partial charge on any atom is -0.494 e. The van der Waals surface area contributed by atoms with Crippen LogP contribution in [0, 0.1) is 0 Å². The van der Waals surface area contributed by atoms with Gasteiger partial charge in [0.25, 0.3) is 0 Å². The first-order valence-corrected chi connectivity index (χ1v) is 10.3. The molecule has 0 spiro atoms. The third kappa shape index (κ3) is 12.9. The molecule has 0 bridgehead atoms. The fourth-order valence-corrected chi connectivity index (χ4v) is 2.81. The Kier molecular flexibility index (Phi) is 12.7. The van der Waals surface area contributed by atoms with Crippen LogP contribution in [0.15, 0.2) is 35.3 Å². The number of nitrogens with one attached hydrogen (secondary N) is 2. The molecule has 1 aromatic carbocycles. The summed E-state index contributed by atoms with van der Waals surface area (Å²) in [6, 6.07) is 9.82. The highest BCUT2D eigenvalue weighted by atomic mass is 127. The summed E-state index contributed by atoms with van der Waals surface area (Å²) in [6.45, 7) is 3.42. The van der Waals surface area contributed by atoms with Crippen LogP contribution in [-0.4, -0.2) is 52.6 Å². The van der Waals surface area contributed by atoms with Crippen LogP contribution in [0.3, 0.4) is 0 Å². The number of unbranched alkanes of at least 4 members (excludes halogenated alkanes) is 1. The maximum atomic E-state index is 11.2. The lowest BCUT2D eigenvalue weighted by atomic mass is 10.2. The van der Waals surface area contributed by atoms with Crippen molar-refractivity contribution in [2.45, 2.75) is 32.2 Å². The Hall–Kier alpha value is -1.03. The van der Waals surface area contributed by atoms with Gasteiger partial charge in [-0.2, -0.15) is 0 Å². The molecule has 1 unspecified atom stereocenters. The number of halogens is 1. The smallest absolute Gasteiger partial charge is 0.191 e. The SMILES string of the molecule is CN=C(NCCCCOc1ccccc1)NC(C)CCS(C)(=O)=O.I. The third-order valence-corrected chi connectivity index (χ3v) is 4.38. The average molecular weight is 483 g/mol. The van der Waals surface area contributed by atoms with Gasteiger partial charge in [-0.1, -0.05) is 18.2 Å². The zero-order valence-corrected chi connectivity index (χ0v) is 18.3. The highest BCUT2D eigenvalue weighted by Crippen LogP contribution is 2.08. The summed E-state index contributed by atoms with van der Waals surface area (Å²) < 4.78 is 28.0. The first-order valence-electron chi connectivity index (χ1n) is 8.23. The molecule has 1 rings (SSSR count). The van der Waals surface area contributed by atoms with Gasteiger partial charge >= 0.3 is 0 Å². The van der Waals surface area contributed by atoms with Gasteiger partial charge in [-0.3, -0.25) is 4.99 Å². The zero-order valence-electron chi connectivity index (χ0n) is 15.2. The number of nitrogens with zero attached hydrogens (tertiary/aromatic N) is 1. The second-order valence-corrected chi connectivity index (χ2v) is 8.09. The lowest BCUT2D eigenvalue weighted by Gasteiger charge is -2.17. The Morgan fingerprint density at radius 2 is 1.92 bits per heavy atom. The lowest BCUT2D eigenvalue weighted by Crippen LogP contribution is -2.43.